The van der Waals surface area contributed by atoms with Crippen molar-refractivity contribution in [3.63, 3.8) is 0 Å². The van der Waals surface area contributed by atoms with Crippen molar-refractivity contribution in [3.8, 4) is 0 Å². The molecule has 4 rings (SSSR count). The van der Waals surface area contributed by atoms with Gasteiger partial charge in [-0.05, 0) is 25.5 Å². The number of alkyl halides is 3. The number of hydrogen-bond donors (Lipinski definition) is 0. The summed E-state index contributed by atoms with van der Waals surface area (Å²) in [7, 11) is 0. The van der Waals surface area contributed by atoms with Crippen molar-refractivity contribution in [2.45, 2.75) is 32.9 Å². The number of nitrogens with zero attached hydrogens (tertiary/aromatic N) is 4. The molecular formula is C20H23F3N4O2. The maximum atomic E-state index is 12.9. The van der Waals surface area contributed by atoms with E-state index in [0.29, 0.717) is 19.1 Å². The number of carbonyl (C=O) groups excluding carboxylic acids is 1. The fourth-order valence-corrected chi connectivity index (χ4v) is 4.33. The standard InChI is InChI=1S/C20H23F3N4O2/c1-3-16-12(2)29-19(25-16)27-10-13-8-26(9-14(13)11-27)18(28)15-5-4-6-24-17(15)7-20(21,22)23/h4-6,13-14H,3,7-11H2,1-2H3. The number of anilines is 1. The molecule has 4 heterocycles. The van der Waals surface area contributed by atoms with Gasteiger partial charge in [0.15, 0.2) is 0 Å². The van der Waals surface area contributed by atoms with Crippen LogP contribution < -0.4 is 4.90 Å². The number of amides is 1. The molecule has 0 spiro atoms. The third kappa shape index (κ3) is 3.95. The number of pyridine rings is 1. The molecule has 2 saturated heterocycles. The lowest BCUT2D eigenvalue weighted by molar-refractivity contribution is -0.127. The maximum Gasteiger partial charge on any atom is 0.394 e. The summed E-state index contributed by atoms with van der Waals surface area (Å²) >= 11 is 0. The number of fused-ring (bicyclic) bond motifs is 1. The SMILES string of the molecule is CCc1nc(N2CC3CN(C(=O)c4cccnc4CC(F)(F)F)CC3C2)oc1C. The number of likely N-dealkylation sites (tertiary alicyclic amines) is 1. The molecule has 0 aromatic carbocycles. The van der Waals surface area contributed by atoms with Crippen molar-refractivity contribution < 1.29 is 22.4 Å². The Morgan fingerprint density at radius 3 is 2.48 bits per heavy atom. The van der Waals surface area contributed by atoms with E-state index in [1.54, 1.807) is 4.90 Å². The molecule has 0 N–H and O–H groups in total. The highest BCUT2D eigenvalue weighted by molar-refractivity contribution is 5.95. The quantitative estimate of drug-likeness (QED) is 0.777. The number of aryl methyl sites for hydroxylation is 2. The van der Waals surface area contributed by atoms with E-state index >= 15 is 0 Å². The van der Waals surface area contributed by atoms with Crippen LogP contribution in [-0.4, -0.2) is 53.1 Å². The molecule has 2 fully saturated rings. The summed E-state index contributed by atoms with van der Waals surface area (Å²) in [5.41, 5.74) is 0.770. The van der Waals surface area contributed by atoms with E-state index in [2.05, 4.69) is 14.9 Å². The Labute approximate surface area is 166 Å². The molecule has 9 heteroatoms. The average molecular weight is 408 g/mol. The molecule has 29 heavy (non-hydrogen) atoms. The lowest BCUT2D eigenvalue weighted by Gasteiger charge is -2.22. The van der Waals surface area contributed by atoms with Crippen LogP contribution in [0.1, 0.15) is 34.4 Å². The number of carbonyl (C=O) groups is 1. The molecule has 0 saturated carbocycles. The van der Waals surface area contributed by atoms with Gasteiger partial charge in [0.2, 0.25) is 0 Å². The van der Waals surface area contributed by atoms with Gasteiger partial charge in [-0.2, -0.15) is 18.2 Å². The highest BCUT2D eigenvalue weighted by Gasteiger charge is 2.43. The number of halogens is 3. The third-order valence-corrected chi connectivity index (χ3v) is 5.75. The molecule has 6 nitrogen and oxygen atoms in total. The van der Waals surface area contributed by atoms with Gasteiger partial charge in [0.1, 0.15) is 5.76 Å². The fraction of sp³-hybridized carbons (Fsp3) is 0.550. The lowest BCUT2D eigenvalue weighted by Crippen LogP contribution is -2.34. The number of rotatable bonds is 4. The van der Waals surface area contributed by atoms with E-state index in [9.17, 15) is 18.0 Å². The van der Waals surface area contributed by atoms with Gasteiger partial charge in [-0.25, -0.2) is 0 Å². The topological polar surface area (TPSA) is 62.5 Å². The first-order chi connectivity index (χ1) is 13.7. The van der Waals surface area contributed by atoms with E-state index in [-0.39, 0.29) is 29.0 Å². The zero-order valence-electron chi connectivity index (χ0n) is 16.4. The number of oxazole rings is 1. The van der Waals surface area contributed by atoms with E-state index in [1.165, 1.54) is 18.3 Å². The van der Waals surface area contributed by atoms with Crippen LogP contribution in [0.25, 0.3) is 0 Å². The Balaban J connectivity index is 1.44. The minimum atomic E-state index is -4.41. The Hall–Kier alpha value is -2.58. The highest BCUT2D eigenvalue weighted by Crippen LogP contribution is 2.35. The molecular weight excluding hydrogens is 385 g/mol. The van der Waals surface area contributed by atoms with Crippen LogP contribution in [0.2, 0.25) is 0 Å². The normalized spacial score (nSPS) is 21.7. The highest BCUT2D eigenvalue weighted by atomic mass is 19.4. The molecule has 1 amide bonds. The summed E-state index contributed by atoms with van der Waals surface area (Å²) in [6, 6.07) is 3.55. The number of aromatic nitrogens is 2. The third-order valence-electron chi connectivity index (χ3n) is 5.75. The molecule has 156 valence electrons. The molecule has 0 bridgehead atoms. The van der Waals surface area contributed by atoms with Crippen LogP contribution >= 0.6 is 0 Å². The summed E-state index contributed by atoms with van der Waals surface area (Å²) in [6.07, 6.45) is -3.51. The van der Waals surface area contributed by atoms with Gasteiger partial charge in [0.25, 0.3) is 11.9 Å². The lowest BCUT2D eigenvalue weighted by atomic mass is 10.0. The van der Waals surface area contributed by atoms with Gasteiger partial charge in [-0.1, -0.05) is 6.92 Å². The van der Waals surface area contributed by atoms with E-state index in [0.717, 1.165) is 31.0 Å². The first-order valence-electron chi connectivity index (χ1n) is 9.76. The zero-order valence-corrected chi connectivity index (χ0v) is 16.4. The van der Waals surface area contributed by atoms with E-state index < -0.39 is 12.6 Å². The Bertz CT molecular complexity index is 897. The minimum Gasteiger partial charge on any atom is -0.429 e. The summed E-state index contributed by atoms with van der Waals surface area (Å²) in [5.74, 6) is 0.946. The smallest absolute Gasteiger partial charge is 0.394 e. The molecule has 2 aromatic heterocycles. The monoisotopic (exact) mass is 408 g/mol. The predicted molar refractivity (Wildman–Crippen MR) is 99.7 cm³/mol. The molecule has 2 unspecified atom stereocenters. The van der Waals surface area contributed by atoms with Gasteiger partial charge >= 0.3 is 6.18 Å². The van der Waals surface area contributed by atoms with Crippen molar-refractivity contribution in [2.24, 2.45) is 11.8 Å². The van der Waals surface area contributed by atoms with Crippen LogP contribution in [0.4, 0.5) is 19.2 Å². The molecule has 2 aromatic rings. The first kappa shape index (κ1) is 19.7. The first-order valence-corrected chi connectivity index (χ1v) is 9.76. The molecule has 0 aliphatic carbocycles. The summed E-state index contributed by atoms with van der Waals surface area (Å²) in [6.45, 7) is 6.41. The predicted octanol–water partition coefficient (Wildman–Crippen LogP) is 3.25. The van der Waals surface area contributed by atoms with Gasteiger partial charge in [0, 0.05) is 44.2 Å². The van der Waals surface area contributed by atoms with Crippen molar-refractivity contribution >= 4 is 11.9 Å². The molecule has 2 aliphatic rings. The minimum absolute atomic E-state index is 0.0394. The van der Waals surface area contributed by atoms with Crippen LogP contribution in [0, 0.1) is 18.8 Å². The van der Waals surface area contributed by atoms with Crippen LogP contribution in [0.15, 0.2) is 22.7 Å². The zero-order chi connectivity index (χ0) is 20.8. The second kappa shape index (κ2) is 7.35. The Morgan fingerprint density at radius 2 is 1.90 bits per heavy atom. The van der Waals surface area contributed by atoms with Crippen LogP contribution in [-0.2, 0) is 12.8 Å². The maximum absolute atomic E-state index is 12.9. The summed E-state index contributed by atoms with van der Waals surface area (Å²) in [4.78, 5) is 25.0. The van der Waals surface area contributed by atoms with E-state index in [1.807, 2.05) is 13.8 Å². The van der Waals surface area contributed by atoms with E-state index in [4.69, 9.17) is 4.42 Å². The van der Waals surface area contributed by atoms with Crippen molar-refractivity contribution in [1.82, 2.24) is 14.9 Å². The molecule has 2 atom stereocenters. The summed E-state index contributed by atoms with van der Waals surface area (Å²) in [5, 5.41) is 0. The molecule has 0 radical (unpaired) electrons. The summed E-state index contributed by atoms with van der Waals surface area (Å²) < 4.78 is 44.3. The van der Waals surface area contributed by atoms with Gasteiger partial charge < -0.3 is 14.2 Å². The van der Waals surface area contributed by atoms with Gasteiger partial charge in [-0.3, -0.25) is 9.78 Å². The van der Waals surface area contributed by atoms with Crippen LogP contribution in [0.3, 0.4) is 0 Å². The van der Waals surface area contributed by atoms with Crippen molar-refractivity contribution in [2.75, 3.05) is 31.1 Å². The average Bonchev–Trinajstić information content (AvgIpc) is 3.32. The second-order valence-corrected chi connectivity index (χ2v) is 7.78. The number of hydrogen-bond acceptors (Lipinski definition) is 5. The molecule has 2 aliphatic heterocycles. The fourth-order valence-electron chi connectivity index (χ4n) is 4.33. The van der Waals surface area contributed by atoms with Gasteiger partial charge in [0.05, 0.1) is 23.4 Å². The Kier molecular flexibility index (Phi) is 5.00. The second-order valence-electron chi connectivity index (χ2n) is 7.78. The van der Waals surface area contributed by atoms with Gasteiger partial charge in [-0.15, -0.1) is 0 Å². The largest absolute Gasteiger partial charge is 0.429 e. The van der Waals surface area contributed by atoms with Crippen molar-refractivity contribution in [1.29, 1.82) is 0 Å². The Morgan fingerprint density at radius 1 is 1.21 bits per heavy atom. The van der Waals surface area contributed by atoms with Crippen LogP contribution in [0.5, 0.6) is 0 Å². The van der Waals surface area contributed by atoms with Crippen molar-refractivity contribution in [3.05, 3.63) is 41.0 Å².